The molecule has 3 rings (SSSR count). The van der Waals surface area contributed by atoms with Gasteiger partial charge in [0.05, 0.1) is 11.4 Å². The van der Waals surface area contributed by atoms with E-state index in [0.717, 1.165) is 17.1 Å². The van der Waals surface area contributed by atoms with Crippen LogP contribution in [0.4, 0.5) is 0 Å². The lowest BCUT2D eigenvalue weighted by atomic mass is 10.1. The van der Waals surface area contributed by atoms with Crippen LogP contribution in [0, 0.1) is 13.8 Å². The van der Waals surface area contributed by atoms with Crippen molar-refractivity contribution in [2.24, 2.45) is 0 Å². The SMILES string of the molecule is CNC(=O)CSc1nnc(-c2ccncc2)n1-c1ccc(C)c(C)c1. The number of thioether (sulfide) groups is 1. The first-order valence-electron chi connectivity index (χ1n) is 7.87. The van der Waals surface area contributed by atoms with E-state index < -0.39 is 0 Å². The summed E-state index contributed by atoms with van der Waals surface area (Å²) in [4.78, 5) is 15.7. The molecule has 0 saturated carbocycles. The van der Waals surface area contributed by atoms with Gasteiger partial charge in [-0.25, -0.2) is 0 Å². The molecule has 0 aliphatic rings. The van der Waals surface area contributed by atoms with Crippen LogP contribution in [0.1, 0.15) is 11.1 Å². The second-order valence-electron chi connectivity index (χ2n) is 5.61. The van der Waals surface area contributed by atoms with Gasteiger partial charge in [-0.1, -0.05) is 17.8 Å². The van der Waals surface area contributed by atoms with E-state index in [1.165, 1.54) is 22.9 Å². The van der Waals surface area contributed by atoms with E-state index in [2.05, 4.69) is 46.5 Å². The molecular formula is C18H19N5OS. The highest BCUT2D eigenvalue weighted by molar-refractivity contribution is 7.99. The normalized spacial score (nSPS) is 10.7. The highest BCUT2D eigenvalue weighted by Gasteiger charge is 2.17. The molecule has 0 unspecified atom stereocenters. The van der Waals surface area contributed by atoms with E-state index in [4.69, 9.17) is 0 Å². The van der Waals surface area contributed by atoms with Crippen molar-refractivity contribution in [2.75, 3.05) is 12.8 Å². The van der Waals surface area contributed by atoms with Gasteiger partial charge in [-0.2, -0.15) is 0 Å². The van der Waals surface area contributed by atoms with Crippen molar-refractivity contribution >= 4 is 17.7 Å². The minimum absolute atomic E-state index is 0.0508. The largest absolute Gasteiger partial charge is 0.358 e. The number of hydrogen-bond acceptors (Lipinski definition) is 5. The Balaban J connectivity index is 2.09. The number of aryl methyl sites for hydroxylation is 2. The van der Waals surface area contributed by atoms with E-state index >= 15 is 0 Å². The third-order valence-corrected chi connectivity index (χ3v) is 4.86. The molecule has 3 aromatic rings. The molecule has 128 valence electrons. The Labute approximate surface area is 150 Å². The smallest absolute Gasteiger partial charge is 0.230 e. The first kappa shape index (κ1) is 17.2. The Bertz CT molecular complexity index is 892. The van der Waals surface area contributed by atoms with Crippen LogP contribution in [-0.2, 0) is 4.79 Å². The van der Waals surface area contributed by atoms with Crippen molar-refractivity contribution in [3.8, 4) is 17.1 Å². The predicted octanol–water partition coefficient (Wildman–Crippen LogP) is 2.78. The number of amides is 1. The second-order valence-corrected chi connectivity index (χ2v) is 6.55. The third-order valence-electron chi connectivity index (χ3n) is 3.93. The maximum atomic E-state index is 11.6. The summed E-state index contributed by atoms with van der Waals surface area (Å²) in [5.41, 5.74) is 4.31. The highest BCUT2D eigenvalue weighted by atomic mass is 32.2. The molecule has 1 aromatic carbocycles. The van der Waals surface area contributed by atoms with Gasteiger partial charge in [0.1, 0.15) is 0 Å². The molecule has 0 aliphatic carbocycles. The summed E-state index contributed by atoms with van der Waals surface area (Å²) in [6, 6.07) is 10.0. The van der Waals surface area contributed by atoms with Crippen LogP contribution in [-0.4, -0.2) is 38.5 Å². The maximum absolute atomic E-state index is 11.6. The number of carbonyl (C=O) groups excluding carboxylic acids is 1. The number of carbonyl (C=O) groups is 1. The zero-order valence-corrected chi connectivity index (χ0v) is 15.2. The van der Waals surface area contributed by atoms with E-state index in [-0.39, 0.29) is 11.7 Å². The molecule has 0 atom stereocenters. The molecule has 0 fully saturated rings. The second kappa shape index (κ2) is 7.48. The van der Waals surface area contributed by atoms with E-state index in [9.17, 15) is 4.79 Å². The Morgan fingerprint density at radius 2 is 1.88 bits per heavy atom. The molecule has 0 aliphatic heterocycles. The average Bonchev–Trinajstić information content (AvgIpc) is 3.06. The van der Waals surface area contributed by atoms with Crippen molar-refractivity contribution in [1.29, 1.82) is 0 Å². The molecule has 6 nitrogen and oxygen atoms in total. The van der Waals surface area contributed by atoms with Crippen LogP contribution < -0.4 is 5.32 Å². The van der Waals surface area contributed by atoms with Crippen molar-refractivity contribution in [1.82, 2.24) is 25.1 Å². The van der Waals surface area contributed by atoms with Gasteiger partial charge in [-0.3, -0.25) is 14.3 Å². The van der Waals surface area contributed by atoms with Gasteiger partial charge in [-0.15, -0.1) is 10.2 Å². The van der Waals surface area contributed by atoms with Crippen molar-refractivity contribution in [3.63, 3.8) is 0 Å². The zero-order valence-electron chi connectivity index (χ0n) is 14.4. The molecular weight excluding hydrogens is 334 g/mol. The Morgan fingerprint density at radius 1 is 1.12 bits per heavy atom. The molecule has 25 heavy (non-hydrogen) atoms. The van der Waals surface area contributed by atoms with Gasteiger partial charge in [0, 0.05) is 25.0 Å². The number of nitrogens with zero attached hydrogens (tertiary/aromatic N) is 4. The first-order valence-corrected chi connectivity index (χ1v) is 8.85. The monoisotopic (exact) mass is 353 g/mol. The molecule has 7 heteroatoms. The van der Waals surface area contributed by atoms with Crippen LogP contribution >= 0.6 is 11.8 Å². The fourth-order valence-electron chi connectivity index (χ4n) is 2.35. The first-order chi connectivity index (χ1) is 12.1. The average molecular weight is 353 g/mol. The number of pyridine rings is 1. The standard InChI is InChI=1S/C18H19N5OS/c1-12-4-5-15(10-13(12)2)23-17(14-6-8-20-9-7-14)21-22-18(23)25-11-16(24)19-3/h4-10H,11H2,1-3H3,(H,19,24). The van der Waals surface area contributed by atoms with Gasteiger partial charge >= 0.3 is 0 Å². The van der Waals surface area contributed by atoms with Gasteiger partial charge < -0.3 is 5.32 Å². The lowest BCUT2D eigenvalue weighted by molar-refractivity contribution is -0.118. The summed E-state index contributed by atoms with van der Waals surface area (Å²) >= 11 is 1.36. The van der Waals surface area contributed by atoms with Crippen molar-refractivity contribution in [3.05, 3.63) is 53.9 Å². The summed E-state index contributed by atoms with van der Waals surface area (Å²) in [5.74, 6) is 0.964. The molecule has 0 radical (unpaired) electrons. The lowest BCUT2D eigenvalue weighted by Crippen LogP contribution is -2.20. The van der Waals surface area contributed by atoms with Crippen LogP contribution in [0.25, 0.3) is 17.1 Å². The third kappa shape index (κ3) is 3.71. The summed E-state index contributed by atoms with van der Waals surface area (Å²) in [6.07, 6.45) is 3.46. The van der Waals surface area contributed by atoms with E-state index in [0.29, 0.717) is 5.16 Å². The van der Waals surface area contributed by atoms with E-state index in [1.54, 1.807) is 19.4 Å². The number of aromatic nitrogens is 4. The fourth-order valence-corrected chi connectivity index (χ4v) is 3.18. The summed E-state index contributed by atoms with van der Waals surface area (Å²) in [5, 5.41) is 12.0. The Hall–Kier alpha value is -2.67. The number of hydrogen-bond donors (Lipinski definition) is 1. The summed E-state index contributed by atoms with van der Waals surface area (Å²) in [7, 11) is 1.62. The number of benzene rings is 1. The van der Waals surface area contributed by atoms with Crippen LogP contribution in [0.3, 0.4) is 0 Å². The van der Waals surface area contributed by atoms with Gasteiger partial charge in [-0.05, 0) is 49.2 Å². The Kier molecular flexibility index (Phi) is 5.14. The highest BCUT2D eigenvalue weighted by Crippen LogP contribution is 2.28. The van der Waals surface area contributed by atoms with Crippen LogP contribution in [0.5, 0.6) is 0 Å². The maximum Gasteiger partial charge on any atom is 0.230 e. The molecule has 1 N–H and O–H groups in total. The molecule has 0 bridgehead atoms. The van der Waals surface area contributed by atoms with Crippen molar-refractivity contribution in [2.45, 2.75) is 19.0 Å². The van der Waals surface area contributed by atoms with Gasteiger partial charge in [0.25, 0.3) is 0 Å². The van der Waals surface area contributed by atoms with Crippen LogP contribution in [0.15, 0.2) is 47.9 Å². The number of nitrogens with one attached hydrogen (secondary N) is 1. The quantitative estimate of drug-likeness (QED) is 0.714. The molecule has 0 saturated heterocycles. The summed E-state index contributed by atoms with van der Waals surface area (Å²) < 4.78 is 1.98. The topological polar surface area (TPSA) is 72.7 Å². The number of rotatable bonds is 5. The lowest BCUT2D eigenvalue weighted by Gasteiger charge is -2.12. The minimum Gasteiger partial charge on any atom is -0.358 e. The molecule has 2 aromatic heterocycles. The zero-order chi connectivity index (χ0) is 17.8. The molecule has 2 heterocycles. The predicted molar refractivity (Wildman–Crippen MR) is 98.9 cm³/mol. The van der Waals surface area contributed by atoms with Gasteiger partial charge in [0.15, 0.2) is 11.0 Å². The summed E-state index contributed by atoms with van der Waals surface area (Å²) in [6.45, 7) is 4.16. The Morgan fingerprint density at radius 3 is 2.56 bits per heavy atom. The fraction of sp³-hybridized carbons (Fsp3) is 0.222. The molecule has 1 amide bonds. The van der Waals surface area contributed by atoms with Gasteiger partial charge in [0.2, 0.25) is 5.91 Å². The van der Waals surface area contributed by atoms with Crippen molar-refractivity contribution < 1.29 is 4.79 Å². The molecule has 0 spiro atoms. The minimum atomic E-state index is -0.0508. The van der Waals surface area contributed by atoms with E-state index in [1.807, 2.05) is 22.8 Å². The van der Waals surface area contributed by atoms with Crippen LogP contribution in [0.2, 0.25) is 0 Å².